The van der Waals surface area contributed by atoms with Gasteiger partial charge in [0.2, 0.25) is 0 Å². The molecule has 0 radical (unpaired) electrons. The molecule has 1 aliphatic heterocycles. The molecule has 4 rings (SSSR count). The Bertz CT molecular complexity index is 1060. The van der Waals surface area contributed by atoms with E-state index < -0.39 is 0 Å². The smallest absolute Gasteiger partial charge is 0.193 e. The van der Waals surface area contributed by atoms with E-state index in [1.165, 1.54) is 18.2 Å². The van der Waals surface area contributed by atoms with Crippen LogP contribution in [0.5, 0.6) is 17.2 Å². The molecule has 0 aliphatic carbocycles. The van der Waals surface area contributed by atoms with E-state index in [9.17, 15) is 15.0 Å². The van der Waals surface area contributed by atoms with Crippen LogP contribution < -0.4 is 10.2 Å². The van der Waals surface area contributed by atoms with Crippen molar-refractivity contribution in [1.29, 1.82) is 0 Å². The third-order valence-corrected chi connectivity index (χ3v) is 5.10. The summed E-state index contributed by atoms with van der Waals surface area (Å²) in [4.78, 5) is 12.6. The number of ether oxygens (including phenoxy) is 1. The van der Waals surface area contributed by atoms with Crippen molar-refractivity contribution in [3.63, 3.8) is 0 Å². The van der Waals surface area contributed by atoms with Gasteiger partial charge < -0.3 is 19.4 Å². The lowest BCUT2D eigenvalue weighted by atomic mass is 9.81. The molecular weight excluding hydrogens is 320 g/mol. The highest BCUT2D eigenvalue weighted by atomic mass is 16.5. The number of rotatable bonds is 1. The molecule has 3 aromatic rings. The molecular formula is C20H18O5. The van der Waals surface area contributed by atoms with Crippen LogP contribution in [-0.4, -0.2) is 16.3 Å². The highest BCUT2D eigenvalue weighted by Gasteiger charge is 2.39. The number of aromatic hydroxyl groups is 2. The Morgan fingerprint density at radius 2 is 1.80 bits per heavy atom. The summed E-state index contributed by atoms with van der Waals surface area (Å²) in [5, 5.41) is 19.6. The van der Waals surface area contributed by atoms with Gasteiger partial charge in [-0.25, -0.2) is 0 Å². The number of phenolic OH excluding ortho intramolecular Hbond substituents is 2. The topological polar surface area (TPSA) is 79.9 Å². The SMILES string of the molecule is CC1Oc2cc3oc(-c4ccc(O)c(O)c4)cc(=O)c3cc2C1(C)C. The summed E-state index contributed by atoms with van der Waals surface area (Å²) in [6.07, 6.45) is 0.00271. The predicted molar refractivity (Wildman–Crippen MR) is 94.4 cm³/mol. The second-order valence-electron chi connectivity index (χ2n) is 7.00. The summed E-state index contributed by atoms with van der Waals surface area (Å²) < 4.78 is 11.8. The van der Waals surface area contributed by atoms with Crippen molar-refractivity contribution in [1.82, 2.24) is 0 Å². The second kappa shape index (κ2) is 5.02. The number of fused-ring (bicyclic) bond motifs is 2. The van der Waals surface area contributed by atoms with Gasteiger partial charge in [-0.2, -0.15) is 0 Å². The molecule has 0 spiro atoms. The van der Waals surface area contributed by atoms with Crippen LogP contribution in [0, 0.1) is 0 Å². The van der Waals surface area contributed by atoms with E-state index in [-0.39, 0.29) is 28.4 Å². The summed E-state index contributed by atoms with van der Waals surface area (Å²) in [7, 11) is 0. The molecule has 1 aromatic heterocycles. The van der Waals surface area contributed by atoms with Crippen molar-refractivity contribution < 1.29 is 19.4 Å². The van der Waals surface area contributed by atoms with Crippen molar-refractivity contribution in [2.75, 3.05) is 0 Å². The molecule has 1 unspecified atom stereocenters. The molecule has 5 nitrogen and oxygen atoms in total. The van der Waals surface area contributed by atoms with E-state index in [0.29, 0.717) is 22.3 Å². The van der Waals surface area contributed by atoms with E-state index in [4.69, 9.17) is 9.15 Å². The fourth-order valence-electron chi connectivity index (χ4n) is 3.16. The molecule has 25 heavy (non-hydrogen) atoms. The first-order valence-corrected chi connectivity index (χ1v) is 8.09. The van der Waals surface area contributed by atoms with E-state index in [1.807, 2.05) is 13.0 Å². The lowest BCUT2D eigenvalue weighted by molar-refractivity contribution is 0.185. The van der Waals surface area contributed by atoms with Gasteiger partial charge in [0.05, 0.1) is 5.39 Å². The maximum Gasteiger partial charge on any atom is 0.193 e. The van der Waals surface area contributed by atoms with Gasteiger partial charge in [-0.1, -0.05) is 13.8 Å². The summed E-state index contributed by atoms with van der Waals surface area (Å²) in [6.45, 7) is 6.18. The molecule has 5 heteroatoms. The zero-order valence-corrected chi connectivity index (χ0v) is 14.2. The zero-order chi connectivity index (χ0) is 17.9. The fourth-order valence-corrected chi connectivity index (χ4v) is 3.16. The van der Waals surface area contributed by atoms with Crippen molar-refractivity contribution >= 4 is 11.0 Å². The molecule has 0 amide bonds. The lowest BCUT2D eigenvalue weighted by Crippen LogP contribution is -2.28. The first kappa shape index (κ1) is 15.6. The van der Waals surface area contributed by atoms with Gasteiger partial charge in [-0.05, 0) is 31.2 Å². The van der Waals surface area contributed by atoms with Gasteiger partial charge in [0.15, 0.2) is 16.9 Å². The molecule has 0 saturated heterocycles. The minimum atomic E-state index is -0.270. The van der Waals surface area contributed by atoms with Crippen LogP contribution in [-0.2, 0) is 5.41 Å². The molecule has 1 atom stereocenters. The highest BCUT2D eigenvalue weighted by molar-refractivity contribution is 5.82. The second-order valence-corrected chi connectivity index (χ2v) is 7.00. The van der Waals surface area contributed by atoms with Gasteiger partial charge in [0.1, 0.15) is 23.2 Å². The molecule has 1 aliphatic rings. The maximum absolute atomic E-state index is 12.6. The minimum absolute atomic E-state index is 0.00271. The summed E-state index contributed by atoms with van der Waals surface area (Å²) in [5.41, 5.74) is 1.58. The highest BCUT2D eigenvalue weighted by Crippen LogP contribution is 2.44. The van der Waals surface area contributed by atoms with Gasteiger partial charge in [-0.15, -0.1) is 0 Å². The number of phenols is 2. The molecule has 2 heterocycles. The lowest BCUT2D eigenvalue weighted by Gasteiger charge is -2.22. The first-order valence-electron chi connectivity index (χ1n) is 8.09. The Morgan fingerprint density at radius 3 is 2.52 bits per heavy atom. The molecule has 0 bridgehead atoms. The van der Waals surface area contributed by atoms with E-state index in [2.05, 4.69) is 13.8 Å². The third-order valence-electron chi connectivity index (χ3n) is 5.10. The summed E-state index contributed by atoms with van der Waals surface area (Å²) in [5.74, 6) is 0.541. The monoisotopic (exact) mass is 338 g/mol. The van der Waals surface area contributed by atoms with Crippen molar-refractivity contribution in [2.24, 2.45) is 0 Å². The molecule has 2 N–H and O–H groups in total. The Hall–Kier alpha value is -2.95. The van der Waals surface area contributed by atoms with Gasteiger partial charge >= 0.3 is 0 Å². The van der Waals surface area contributed by atoms with Crippen LogP contribution in [0.15, 0.2) is 45.6 Å². The molecule has 2 aromatic carbocycles. The van der Waals surface area contributed by atoms with Gasteiger partial charge in [0, 0.05) is 28.7 Å². The maximum atomic E-state index is 12.6. The Morgan fingerprint density at radius 1 is 1.04 bits per heavy atom. The Kier molecular flexibility index (Phi) is 3.13. The molecule has 128 valence electrons. The van der Waals surface area contributed by atoms with Crippen molar-refractivity contribution in [3.05, 3.63) is 52.2 Å². The first-order chi connectivity index (χ1) is 11.8. The Labute approximate surface area is 144 Å². The van der Waals surface area contributed by atoms with E-state index >= 15 is 0 Å². The number of hydrogen-bond donors (Lipinski definition) is 2. The Balaban J connectivity index is 1.93. The van der Waals surface area contributed by atoms with Crippen molar-refractivity contribution in [2.45, 2.75) is 32.3 Å². The average Bonchev–Trinajstić information content (AvgIpc) is 2.77. The van der Waals surface area contributed by atoms with Gasteiger partial charge in [-0.3, -0.25) is 4.79 Å². The molecule has 0 fully saturated rings. The van der Waals surface area contributed by atoms with Crippen LogP contribution in [0.25, 0.3) is 22.3 Å². The van der Waals surface area contributed by atoms with E-state index in [0.717, 1.165) is 11.3 Å². The zero-order valence-electron chi connectivity index (χ0n) is 14.2. The standard InChI is InChI=1S/C20H18O5/c1-10-20(2,3)13-7-12-15(22)8-17(25-18(12)9-19(13)24-10)11-4-5-14(21)16(23)6-11/h4-10,21,23H,1-3H3. The fraction of sp³-hybridized carbons (Fsp3) is 0.250. The minimum Gasteiger partial charge on any atom is -0.504 e. The molecule has 0 saturated carbocycles. The largest absolute Gasteiger partial charge is 0.504 e. The van der Waals surface area contributed by atoms with Crippen LogP contribution >= 0.6 is 0 Å². The third kappa shape index (κ3) is 2.27. The van der Waals surface area contributed by atoms with Crippen LogP contribution in [0.2, 0.25) is 0 Å². The number of hydrogen-bond acceptors (Lipinski definition) is 5. The van der Waals surface area contributed by atoms with Gasteiger partial charge in [0.25, 0.3) is 0 Å². The van der Waals surface area contributed by atoms with Crippen molar-refractivity contribution in [3.8, 4) is 28.6 Å². The summed E-state index contributed by atoms with van der Waals surface area (Å²) in [6, 6.07) is 9.28. The van der Waals surface area contributed by atoms with Crippen LogP contribution in [0.1, 0.15) is 26.3 Å². The van der Waals surface area contributed by atoms with Crippen LogP contribution in [0.3, 0.4) is 0 Å². The predicted octanol–water partition coefficient (Wildman–Crippen LogP) is 3.93. The normalized spacial score (nSPS) is 18.1. The van der Waals surface area contributed by atoms with Crippen LogP contribution in [0.4, 0.5) is 0 Å². The quantitative estimate of drug-likeness (QED) is 0.657. The summed E-state index contributed by atoms with van der Waals surface area (Å²) >= 11 is 0. The number of benzene rings is 2. The average molecular weight is 338 g/mol. The van der Waals surface area contributed by atoms with E-state index in [1.54, 1.807) is 12.1 Å².